The topological polar surface area (TPSA) is 188 Å². The lowest BCUT2D eigenvalue weighted by atomic mass is 9.84. The Kier molecular flexibility index (Phi) is 7.88. The lowest BCUT2D eigenvalue weighted by Crippen LogP contribution is -2.48. The maximum atomic E-state index is 12.6. The number of nitrogens with one attached hydrogen (secondary N) is 1. The molecule has 0 amide bonds. The van der Waals surface area contributed by atoms with Gasteiger partial charge in [0.25, 0.3) is 0 Å². The van der Waals surface area contributed by atoms with E-state index in [1.807, 2.05) is 0 Å². The summed E-state index contributed by atoms with van der Waals surface area (Å²) < 4.78 is 34.0. The monoisotopic (exact) mass is 521 g/mol. The van der Waals surface area contributed by atoms with Crippen molar-refractivity contribution in [2.24, 2.45) is 4.99 Å². The second kappa shape index (κ2) is 10.0. The number of halogens is 1. The van der Waals surface area contributed by atoms with Gasteiger partial charge in [0, 0.05) is 6.21 Å². The Labute approximate surface area is 201 Å². The molecule has 3 heterocycles. The Morgan fingerprint density at radius 1 is 1.41 bits per heavy atom. The van der Waals surface area contributed by atoms with Crippen LogP contribution in [0.4, 0.5) is 11.6 Å². The quantitative estimate of drug-likeness (QED) is 0.267. The van der Waals surface area contributed by atoms with E-state index >= 15 is 0 Å². The molecular formula is C19H29ClN5O8P. The van der Waals surface area contributed by atoms with Crippen LogP contribution in [0.2, 0.25) is 0 Å². The van der Waals surface area contributed by atoms with Gasteiger partial charge in [-0.3, -0.25) is 14.4 Å². The maximum Gasteiger partial charge on any atom is 0.361 e. The first-order chi connectivity index (χ1) is 15.8. The number of aromatic nitrogens is 2. The van der Waals surface area contributed by atoms with E-state index in [4.69, 9.17) is 35.7 Å². The van der Waals surface area contributed by atoms with Crippen LogP contribution in [-0.2, 0) is 23.4 Å². The van der Waals surface area contributed by atoms with Gasteiger partial charge in [0.2, 0.25) is 11.8 Å². The summed E-state index contributed by atoms with van der Waals surface area (Å²) in [6, 6.07) is -1.01. The average molecular weight is 522 g/mol. The molecular weight excluding hydrogens is 493 g/mol. The van der Waals surface area contributed by atoms with Crippen LogP contribution >= 0.6 is 18.1 Å². The number of rotatable bonds is 9. The van der Waals surface area contributed by atoms with Gasteiger partial charge in [-0.25, -0.2) is 10.1 Å². The summed E-state index contributed by atoms with van der Waals surface area (Å²) in [5, 5.41) is 24.1. The number of carbonyl (C=O) groups is 1. The van der Waals surface area contributed by atoms with Crippen LogP contribution in [0.15, 0.2) is 4.99 Å². The Morgan fingerprint density at radius 2 is 2.09 bits per heavy atom. The highest BCUT2D eigenvalue weighted by Crippen LogP contribution is 2.50. The van der Waals surface area contributed by atoms with E-state index in [1.54, 1.807) is 13.8 Å². The molecule has 190 valence electrons. The van der Waals surface area contributed by atoms with Crippen LogP contribution < -0.4 is 15.6 Å². The van der Waals surface area contributed by atoms with Crippen LogP contribution in [0.3, 0.4) is 0 Å². The standard InChI is InChI=1S/C19H29ClN5O8P/c1-8(2)32-17(27)9(3)25-34(20,29)31-7-11-14(26)19(4,28)15(33-11)10-6-22-13-12(10)23-18(21)24-16(13)30-5/h6,8-11,14-15,26,28H,7H2,1-5H3,(H,25,29)(H2,21,23,24)/t9-,10-,11+,14+,15?,19?,34?/m0/s1. The van der Waals surface area contributed by atoms with Gasteiger partial charge < -0.3 is 34.7 Å². The van der Waals surface area contributed by atoms with Crippen molar-refractivity contribution >= 4 is 41.9 Å². The van der Waals surface area contributed by atoms with E-state index in [0.717, 1.165) is 0 Å². The summed E-state index contributed by atoms with van der Waals surface area (Å²) in [6.45, 7) is 1.70. The number of methoxy groups -OCH3 is 1. The van der Waals surface area contributed by atoms with Crippen molar-refractivity contribution in [1.29, 1.82) is 0 Å². The number of aliphatic imine (C=N–C) groups is 1. The molecule has 34 heavy (non-hydrogen) atoms. The first-order valence-electron chi connectivity index (χ1n) is 10.5. The van der Waals surface area contributed by atoms with Gasteiger partial charge in [-0.1, -0.05) is 0 Å². The van der Waals surface area contributed by atoms with Gasteiger partial charge in [-0.2, -0.15) is 4.98 Å². The molecule has 1 saturated heterocycles. The predicted molar refractivity (Wildman–Crippen MR) is 122 cm³/mol. The molecule has 0 aromatic carbocycles. The number of esters is 1. The third-order valence-corrected chi connectivity index (χ3v) is 7.16. The van der Waals surface area contributed by atoms with Crippen molar-refractivity contribution < 1.29 is 38.3 Å². The van der Waals surface area contributed by atoms with Crippen LogP contribution in [0, 0.1) is 0 Å². The minimum Gasteiger partial charge on any atom is -0.479 e. The number of hydrogen-bond acceptors (Lipinski definition) is 12. The number of carbonyl (C=O) groups excluding carboxylic acids is 1. The van der Waals surface area contributed by atoms with Gasteiger partial charge in [-0.15, -0.1) is 0 Å². The highest BCUT2D eigenvalue weighted by atomic mass is 35.7. The number of aliphatic hydroxyl groups excluding tert-OH is 1. The molecule has 0 bridgehead atoms. The largest absolute Gasteiger partial charge is 0.479 e. The van der Waals surface area contributed by atoms with Crippen LogP contribution in [0.25, 0.3) is 0 Å². The van der Waals surface area contributed by atoms with E-state index in [1.165, 1.54) is 27.2 Å². The van der Waals surface area contributed by atoms with Crippen molar-refractivity contribution in [3.63, 3.8) is 0 Å². The molecule has 2 aliphatic heterocycles. The van der Waals surface area contributed by atoms with Gasteiger partial charge in [-0.05, 0) is 38.9 Å². The van der Waals surface area contributed by atoms with Crippen molar-refractivity contribution in [1.82, 2.24) is 15.1 Å². The first-order valence-corrected chi connectivity index (χ1v) is 13.0. The molecule has 3 rings (SSSR count). The van der Waals surface area contributed by atoms with Crippen molar-refractivity contribution in [3.05, 3.63) is 5.69 Å². The van der Waals surface area contributed by atoms with E-state index in [2.05, 4.69) is 20.0 Å². The SMILES string of the molecule is COc1nc(N)nc2c1N=C[C@@H]2C1O[C@H](COP(=O)(Cl)N[C@@H](C)C(=O)OC(C)C)[C@@H](O)C1(C)O. The Morgan fingerprint density at radius 3 is 2.71 bits per heavy atom. The Bertz CT molecular complexity index is 1010. The summed E-state index contributed by atoms with van der Waals surface area (Å²) in [5.74, 6) is -1.23. The molecule has 1 aromatic heterocycles. The molecule has 2 aliphatic rings. The third kappa shape index (κ3) is 5.51. The average Bonchev–Trinajstić information content (AvgIpc) is 3.23. The number of ether oxygens (including phenoxy) is 3. The van der Waals surface area contributed by atoms with E-state index in [-0.39, 0.29) is 17.9 Å². The molecule has 3 unspecified atom stereocenters. The van der Waals surface area contributed by atoms with Gasteiger partial charge in [0.1, 0.15) is 35.6 Å². The number of nitrogens with two attached hydrogens (primary N) is 1. The zero-order valence-electron chi connectivity index (χ0n) is 19.3. The lowest BCUT2D eigenvalue weighted by Gasteiger charge is -2.29. The summed E-state index contributed by atoms with van der Waals surface area (Å²) in [6.07, 6.45) is -2.42. The summed E-state index contributed by atoms with van der Waals surface area (Å²) in [4.78, 5) is 24.4. The molecule has 0 radical (unpaired) electrons. The fraction of sp³-hybridized carbons (Fsp3) is 0.684. The number of nitrogens with zero attached hydrogens (tertiary/aromatic N) is 3. The fourth-order valence-corrected chi connectivity index (χ4v) is 5.35. The minimum absolute atomic E-state index is 0.0524. The Hall–Kier alpha value is -1.86. The highest BCUT2D eigenvalue weighted by molar-refractivity contribution is 7.83. The van der Waals surface area contributed by atoms with Crippen LogP contribution in [-0.4, -0.2) is 82.1 Å². The molecule has 0 aliphatic carbocycles. The van der Waals surface area contributed by atoms with Gasteiger partial charge in [0.15, 0.2) is 0 Å². The normalized spacial score (nSPS) is 30.7. The molecule has 1 aromatic rings. The third-order valence-electron chi connectivity index (χ3n) is 5.40. The summed E-state index contributed by atoms with van der Waals surface area (Å²) >= 11 is 5.94. The van der Waals surface area contributed by atoms with Crippen LogP contribution in [0.5, 0.6) is 5.88 Å². The fourth-order valence-electron chi connectivity index (χ4n) is 3.76. The van der Waals surface area contributed by atoms with E-state index in [9.17, 15) is 19.6 Å². The lowest BCUT2D eigenvalue weighted by molar-refractivity contribution is -0.149. The number of anilines is 1. The molecule has 13 nitrogen and oxygen atoms in total. The van der Waals surface area contributed by atoms with Gasteiger partial charge in [0.05, 0.1) is 31.4 Å². The molecule has 0 saturated carbocycles. The van der Waals surface area contributed by atoms with Crippen molar-refractivity contribution in [2.45, 2.75) is 69.7 Å². The zero-order valence-corrected chi connectivity index (χ0v) is 21.0. The molecule has 0 spiro atoms. The summed E-state index contributed by atoms with van der Waals surface area (Å²) in [5.41, 5.74) is 4.70. The Balaban J connectivity index is 1.70. The van der Waals surface area contributed by atoms with Crippen LogP contribution in [0.1, 0.15) is 39.3 Å². The minimum atomic E-state index is -4.01. The van der Waals surface area contributed by atoms with Gasteiger partial charge >= 0.3 is 12.8 Å². The van der Waals surface area contributed by atoms with Crippen molar-refractivity contribution in [3.8, 4) is 5.88 Å². The number of aliphatic hydroxyl groups is 2. The summed E-state index contributed by atoms with van der Waals surface area (Å²) in [7, 11) is 1.41. The number of hydrogen-bond donors (Lipinski definition) is 4. The highest BCUT2D eigenvalue weighted by Gasteiger charge is 2.56. The second-order valence-electron chi connectivity index (χ2n) is 8.51. The van der Waals surface area contributed by atoms with E-state index in [0.29, 0.717) is 11.4 Å². The van der Waals surface area contributed by atoms with E-state index < -0.39 is 55.3 Å². The number of fused-ring (bicyclic) bond motifs is 1. The smallest absolute Gasteiger partial charge is 0.361 e. The van der Waals surface area contributed by atoms with Crippen molar-refractivity contribution in [2.75, 3.05) is 19.5 Å². The first kappa shape index (κ1) is 26.7. The number of nitrogen functional groups attached to an aromatic ring is 1. The molecule has 5 N–H and O–H groups in total. The molecule has 1 fully saturated rings. The molecule has 15 heteroatoms. The molecule has 7 atom stereocenters. The zero-order chi connectivity index (χ0) is 25.4. The maximum absolute atomic E-state index is 12.6. The predicted octanol–water partition coefficient (Wildman–Crippen LogP) is 1.04. The second-order valence-corrected chi connectivity index (χ2v) is 11.3.